The summed E-state index contributed by atoms with van der Waals surface area (Å²) < 4.78 is 12.9. The van der Waals surface area contributed by atoms with E-state index in [4.69, 9.17) is 9.47 Å². The van der Waals surface area contributed by atoms with Crippen molar-refractivity contribution in [2.45, 2.75) is 19.8 Å². The molecule has 1 fully saturated rings. The molecular weight excluding hydrogens is 364 g/mol. The second-order valence-corrected chi connectivity index (χ2v) is 7.29. The van der Waals surface area contributed by atoms with E-state index in [0.29, 0.717) is 0 Å². The monoisotopic (exact) mass is 390 g/mol. The molecule has 150 valence electrons. The molecule has 0 unspecified atom stereocenters. The summed E-state index contributed by atoms with van der Waals surface area (Å²) in [5.41, 5.74) is 4.65. The third-order valence-corrected chi connectivity index (χ3v) is 5.57. The summed E-state index contributed by atoms with van der Waals surface area (Å²) in [5.74, 6) is 1.69. The second kappa shape index (κ2) is 8.03. The maximum absolute atomic E-state index is 13.2. The molecule has 0 N–H and O–H groups in total. The average Bonchev–Trinajstić information content (AvgIpc) is 3.42. The third-order valence-electron chi connectivity index (χ3n) is 5.57. The molecule has 5 nitrogen and oxygen atoms in total. The van der Waals surface area contributed by atoms with Crippen molar-refractivity contribution < 1.29 is 14.3 Å². The summed E-state index contributed by atoms with van der Waals surface area (Å²) in [6.45, 7) is 3.68. The number of hydrogen-bond acceptors (Lipinski definition) is 3. The zero-order chi connectivity index (χ0) is 20.4. The van der Waals surface area contributed by atoms with E-state index in [1.54, 1.807) is 14.2 Å². The van der Waals surface area contributed by atoms with Gasteiger partial charge >= 0.3 is 0 Å². The first kappa shape index (κ1) is 19.1. The van der Waals surface area contributed by atoms with E-state index in [-0.39, 0.29) is 5.91 Å². The van der Waals surface area contributed by atoms with E-state index in [1.165, 1.54) is 0 Å². The Kier molecular flexibility index (Phi) is 5.30. The molecule has 0 saturated carbocycles. The SMILES string of the molecule is COc1ccc(-c2cc(C(=O)N3CCCC3)c(C)n2-c2cccc(OC)c2)cc1. The van der Waals surface area contributed by atoms with E-state index in [9.17, 15) is 4.79 Å². The number of ether oxygens (including phenoxy) is 2. The van der Waals surface area contributed by atoms with Crippen LogP contribution in [0, 0.1) is 6.92 Å². The molecule has 2 heterocycles. The van der Waals surface area contributed by atoms with Crippen molar-refractivity contribution >= 4 is 5.91 Å². The number of benzene rings is 2. The number of carbonyl (C=O) groups is 1. The first-order valence-corrected chi connectivity index (χ1v) is 9.93. The standard InChI is InChI=1S/C24H26N2O3/c1-17-22(24(27)25-13-4-5-14-25)16-23(18-9-11-20(28-2)12-10-18)26(17)19-7-6-8-21(15-19)29-3/h6-12,15-16H,4-5,13-14H2,1-3H3. The van der Waals surface area contributed by atoms with Crippen molar-refractivity contribution in [3.8, 4) is 28.4 Å². The number of methoxy groups -OCH3 is 2. The summed E-state index contributed by atoms with van der Waals surface area (Å²) >= 11 is 0. The Hall–Kier alpha value is -3.21. The highest BCUT2D eigenvalue weighted by molar-refractivity contribution is 5.97. The Morgan fingerprint density at radius 2 is 1.59 bits per heavy atom. The average molecular weight is 390 g/mol. The van der Waals surface area contributed by atoms with Gasteiger partial charge in [0.2, 0.25) is 0 Å². The largest absolute Gasteiger partial charge is 0.497 e. The van der Waals surface area contributed by atoms with Gasteiger partial charge in [-0.25, -0.2) is 0 Å². The highest BCUT2D eigenvalue weighted by Gasteiger charge is 2.25. The van der Waals surface area contributed by atoms with Gasteiger partial charge in [-0.1, -0.05) is 6.07 Å². The van der Waals surface area contributed by atoms with Crippen molar-refractivity contribution in [3.05, 3.63) is 65.9 Å². The Morgan fingerprint density at radius 3 is 2.24 bits per heavy atom. The lowest BCUT2D eigenvalue weighted by Crippen LogP contribution is -2.27. The fourth-order valence-electron chi connectivity index (χ4n) is 3.97. The van der Waals surface area contributed by atoms with E-state index < -0.39 is 0 Å². The molecule has 29 heavy (non-hydrogen) atoms. The van der Waals surface area contributed by atoms with Crippen LogP contribution < -0.4 is 9.47 Å². The Labute approximate surface area is 171 Å². The van der Waals surface area contributed by atoms with Crippen molar-refractivity contribution in [1.29, 1.82) is 0 Å². The van der Waals surface area contributed by atoms with Gasteiger partial charge in [0.15, 0.2) is 0 Å². The quantitative estimate of drug-likeness (QED) is 0.634. The summed E-state index contributed by atoms with van der Waals surface area (Å²) in [4.78, 5) is 15.1. The minimum absolute atomic E-state index is 0.108. The van der Waals surface area contributed by atoms with Crippen LogP contribution in [0.5, 0.6) is 11.5 Å². The smallest absolute Gasteiger partial charge is 0.255 e. The fraction of sp³-hybridized carbons (Fsp3) is 0.292. The predicted molar refractivity (Wildman–Crippen MR) is 114 cm³/mol. The molecule has 1 saturated heterocycles. The van der Waals surface area contributed by atoms with Crippen LogP contribution in [0.15, 0.2) is 54.6 Å². The van der Waals surface area contributed by atoms with Crippen LogP contribution in [-0.2, 0) is 0 Å². The Bertz CT molecular complexity index is 1020. The molecule has 2 aromatic carbocycles. The van der Waals surface area contributed by atoms with E-state index in [1.807, 2.05) is 66.4 Å². The van der Waals surface area contributed by atoms with Crippen LogP contribution >= 0.6 is 0 Å². The van der Waals surface area contributed by atoms with Crippen molar-refractivity contribution in [1.82, 2.24) is 9.47 Å². The zero-order valence-corrected chi connectivity index (χ0v) is 17.1. The number of likely N-dealkylation sites (tertiary alicyclic amines) is 1. The summed E-state index contributed by atoms with van der Waals surface area (Å²) in [6, 6.07) is 17.8. The number of carbonyl (C=O) groups excluding carboxylic acids is 1. The zero-order valence-electron chi connectivity index (χ0n) is 17.1. The molecule has 0 aliphatic carbocycles. The van der Waals surface area contributed by atoms with Crippen molar-refractivity contribution in [2.24, 2.45) is 0 Å². The van der Waals surface area contributed by atoms with Crippen LogP contribution in [0.3, 0.4) is 0 Å². The molecule has 0 radical (unpaired) electrons. The van der Waals surface area contributed by atoms with E-state index in [0.717, 1.165) is 65.6 Å². The normalized spacial score (nSPS) is 13.6. The van der Waals surface area contributed by atoms with Gasteiger partial charge in [0, 0.05) is 30.5 Å². The molecular formula is C24H26N2O3. The maximum Gasteiger partial charge on any atom is 0.255 e. The van der Waals surface area contributed by atoms with Crippen LogP contribution in [0.25, 0.3) is 16.9 Å². The van der Waals surface area contributed by atoms with Gasteiger partial charge in [0.25, 0.3) is 5.91 Å². The summed E-state index contributed by atoms with van der Waals surface area (Å²) in [6.07, 6.45) is 2.15. The van der Waals surface area contributed by atoms with Crippen LogP contribution in [0.2, 0.25) is 0 Å². The van der Waals surface area contributed by atoms with Gasteiger partial charge < -0.3 is 18.9 Å². The molecule has 0 spiro atoms. The maximum atomic E-state index is 13.2. The van der Waals surface area contributed by atoms with Crippen LogP contribution in [0.1, 0.15) is 28.9 Å². The topological polar surface area (TPSA) is 43.7 Å². The van der Waals surface area contributed by atoms with Gasteiger partial charge in [0.05, 0.1) is 25.5 Å². The predicted octanol–water partition coefficient (Wildman–Crippen LogP) is 4.71. The van der Waals surface area contributed by atoms with Gasteiger partial charge in [-0.15, -0.1) is 0 Å². The molecule has 1 aromatic heterocycles. The number of aromatic nitrogens is 1. The molecule has 4 rings (SSSR count). The van der Waals surface area contributed by atoms with Gasteiger partial charge in [0.1, 0.15) is 11.5 Å². The molecule has 5 heteroatoms. The second-order valence-electron chi connectivity index (χ2n) is 7.29. The first-order chi connectivity index (χ1) is 14.1. The lowest BCUT2D eigenvalue weighted by atomic mass is 10.1. The number of hydrogen-bond donors (Lipinski definition) is 0. The number of nitrogens with zero attached hydrogens (tertiary/aromatic N) is 2. The molecule has 1 aliphatic rings. The lowest BCUT2D eigenvalue weighted by molar-refractivity contribution is 0.0792. The minimum Gasteiger partial charge on any atom is -0.497 e. The third kappa shape index (κ3) is 3.60. The first-order valence-electron chi connectivity index (χ1n) is 9.93. The summed E-state index contributed by atoms with van der Waals surface area (Å²) in [7, 11) is 3.32. The van der Waals surface area contributed by atoms with Crippen LogP contribution in [-0.4, -0.2) is 42.7 Å². The van der Waals surface area contributed by atoms with E-state index >= 15 is 0 Å². The molecule has 3 aromatic rings. The molecule has 0 bridgehead atoms. The van der Waals surface area contributed by atoms with E-state index in [2.05, 4.69) is 4.57 Å². The number of amides is 1. The lowest BCUT2D eigenvalue weighted by Gasteiger charge is -2.16. The van der Waals surface area contributed by atoms with Gasteiger partial charge in [-0.2, -0.15) is 0 Å². The highest BCUT2D eigenvalue weighted by atomic mass is 16.5. The highest BCUT2D eigenvalue weighted by Crippen LogP contribution is 2.32. The number of rotatable bonds is 5. The van der Waals surface area contributed by atoms with Gasteiger partial charge in [-0.3, -0.25) is 4.79 Å². The Morgan fingerprint density at radius 1 is 0.897 bits per heavy atom. The molecule has 1 aliphatic heterocycles. The molecule has 0 atom stereocenters. The summed E-state index contributed by atoms with van der Waals surface area (Å²) in [5, 5.41) is 0. The van der Waals surface area contributed by atoms with Gasteiger partial charge in [-0.05, 0) is 67.8 Å². The van der Waals surface area contributed by atoms with Crippen molar-refractivity contribution in [3.63, 3.8) is 0 Å². The molecule has 1 amide bonds. The van der Waals surface area contributed by atoms with Crippen molar-refractivity contribution in [2.75, 3.05) is 27.3 Å². The Balaban J connectivity index is 1.87. The minimum atomic E-state index is 0.108. The fourth-order valence-corrected chi connectivity index (χ4v) is 3.97. The van der Waals surface area contributed by atoms with Crippen LogP contribution in [0.4, 0.5) is 0 Å².